The van der Waals surface area contributed by atoms with Gasteiger partial charge in [0, 0.05) is 11.4 Å². The van der Waals surface area contributed by atoms with E-state index in [1.807, 2.05) is 6.92 Å². The summed E-state index contributed by atoms with van der Waals surface area (Å²) in [6.45, 7) is 3.88. The number of carbonyl (C=O) groups excluding carboxylic acids is 2. The smallest absolute Gasteiger partial charge is 0.339 e. The highest BCUT2D eigenvalue weighted by atomic mass is 16.5. The average molecular weight is 354 g/mol. The van der Waals surface area contributed by atoms with E-state index in [1.165, 1.54) is 7.11 Å². The predicted molar refractivity (Wildman–Crippen MR) is 94.7 cm³/mol. The van der Waals surface area contributed by atoms with Crippen LogP contribution in [0.4, 0.5) is 11.6 Å². The van der Waals surface area contributed by atoms with Crippen molar-refractivity contribution in [1.82, 2.24) is 14.6 Å². The molecule has 0 aliphatic carbocycles. The van der Waals surface area contributed by atoms with Crippen LogP contribution in [0.5, 0.6) is 0 Å². The molecule has 0 atom stereocenters. The van der Waals surface area contributed by atoms with E-state index in [9.17, 15) is 9.59 Å². The highest BCUT2D eigenvalue weighted by molar-refractivity contribution is 5.93. The minimum absolute atomic E-state index is 0.304. The van der Waals surface area contributed by atoms with Crippen LogP contribution in [0.15, 0.2) is 36.5 Å². The van der Waals surface area contributed by atoms with E-state index >= 15 is 0 Å². The van der Waals surface area contributed by atoms with Crippen molar-refractivity contribution in [1.29, 1.82) is 0 Å². The number of rotatable bonds is 5. The summed E-state index contributed by atoms with van der Waals surface area (Å²) >= 11 is 0. The lowest BCUT2D eigenvalue weighted by atomic mass is 10.2. The van der Waals surface area contributed by atoms with Crippen molar-refractivity contribution in [3.8, 4) is 0 Å². The number of methoxy groups -OCH3 is 1. The number of aromatic nitrogens is 3. The average Bonchev–Trinajstić information content (AvgIpc) is 3.00. The molecular formula is C18H18N4O4. The molecule has 2 heterocycles. The number of benzene rings is 1. The second kappa shape index (κ2) is 7.22. The number of aryl methyl sites for hydroxylation is 1. The Morgan fingerprint density at radius 3 is 2.58 bits per heavy atom. The van der Waals surface area contributed by atoms with Crippen LogP contribution in [0.3, 0.4) is 0 Å². The molecule has 0 saturated carbocycles. The van der Waals surface area contributed by atoms with E-state index in [-0.39, 0.29) is 5.97 Å². The molecule has 8 nitrogen and oxygen atoms in total. The van der Waals surface area contributed by atoms with Gasteiger partial charge in [-0.2, -0.15) is 5.10 Å². The zero-order valence-corrected chi connectivity index (χ0v) is 14.6. The Morgan fingerprint density at radius 2 is 1.92 bits per heavy atom. The fraction of sp³-hybridized carbons (Fsp3) is 0.222. The van der Waals surface area contributed by atoms with Crippen LogP contribution >= 0.6 is 0 Å². The first-order valence-electron chi connectivity index (χ1n) is 8.01. The van der Waals surface area contributed by atoms with Gasteiger partial charge in [0.25, 0.3) is 0 Å². The highest BCUT2D eigenvalue weighted by Gasteiger charge is 2.17. The Balaban J connectivity index is 1.95. The molecule has 0 fully saturated rings. The Bertz CT molecular complexity index is 963. The largest absolute Gasteiger partial charge is 0.465 e. The van der Waals surface area contributed by atoms with Crippen molar-refractivity contribution >= 4 is 29.1 Å². The van der Waals surface area contributed by atoms with E-state index in [1.54, 1.807) is 47.9 Å². The van der Waals surface area contributed by atoms with Crippen molar-refractivity contribution in [2.45, 2.75) is 13.8 Å². The number of hydrogen-bond donors (Lipinski definition) is 1. The number of esters is 2. The molecule has 1 N–H and O–H groups in total. The summed E-state index contributed by atoms with van der Waals surface area (Å²) in [4.78, 5) is 23.6. The quantitative estimate of drug-likeness (QED) is 0.704. The second-order valence-corrected chi connectivity index (χ2v) is 5.49. The van der Waals surface area contributed by atoms with Gasteiger partial charge in [0.15, 0.2) is 0 Å². The maximum atomic E-state index is 12.1. The molecule has 0 bridgehead atoms. The molecule has 3 rings (SSSR count). The van der Waals surface area contributed by atoms with E-state index in [2.05, 4.69) is 20.3 Å². The molecule has 2 aromatic heterocycles. The van der Waals surface area contributed by atoms with E-state index in [0.29, 0.717) is 40.6 Å². The number of carbonyl (C=O) groups is 2. The third-order valence-electron chi connectivity index (χ3n) is 3.89. The minimum Gasteiger partial charge on any atom is -0.465 e. The summed E-state index contributed by atoms with van der Waals surface area (Å²) in [6.07, 6.45) is 1.57. The third-order valence-corrected chi connectivity index (χ3v) is 3.89. The van der Waals surface area contributed by atoms with Crippen LogP contribution in [-0.4, -0.2) is 40.3 Å². The van der Waals surface area contributed by atoms with E-state index in [0.717, 1.165) is 0 Å². The Kier molecular flexibility index (Phi) is 4.83. The second-order valence-electron chi connectivity index (χ2n) is 5.49. The number of ether oxygens (including phenoxy) is 2. The summed E-state index contributed by atoms with van der Waals surface area (Å²) in [7, 11) is 1.33. The number of anilines is 2. The van der Waals surface area contributed by atoms with Crippen LogP contribution in [0.2, 0.25) is 0 Å². The van der Waals surface area contributed by atoms with Crippen LogP contribution in [-0.2, 0) is 9.47 Å². The monoisotopic (exact) mass is 354 g/mol. The summed E-state index contributed by atoms with van der Waals surface area (Å²) in [6, 6.07) is 8.48. The lowest BCUT2D eigenvalue weighted by molar-refractivity contribution is 0.0524. The molecule has 0 radical (unpaired) electrons. The van der Waals surface area contributed by atoms with Gasteiger partial charge in [0.1, 0.15) is 0 Å². The first-order valence-corrected chi connectivity index (χ1v) is 8.01. The van der Waals surface area contributed by atoms with Crippen LogP contribution in [0, 0.1) is 6.92 Å². The van der Waals surface area contributed by atoms with Gasteiger partial charge < -0.3 is 14.8 Å². The van der Waals surface area contributed by atoms with Gasteiger partial charge in [-0.3, -0.25) is 4.40 Å². The first-order chi connectivity index (χ1) is 12.5. The van der Waals surface area contributed by atoms with Gasteiger partial charge >= 0.3 is 11.9 Å². The molecule has 3 aromatic rings. The molecule has 8 heteroatoms. The number of fused-ring (bicyclic) bond motifs is 1. The van der Waals surface area contributed by atoms with Crippen molar-refractivity contribution in [2.75, 3.05) is 19.0 Å². The van der Waals surface area contributed by atoms with Gasteiger partial charge in [-0.1, -0.05) is 0 Å². The predicted octanol–water partition coefficient (Wildman–Crippen LogP) is 2.74. The molecular weight excluding hydrogens is 336 g/mol. The molecule has 0 aliphatic rings. The summed E-state index contributed by atoms with van der Waals surface area (Å²) in [5.41, 5.74) is 3.04. The molecule has 0 spiro atoms. The van der Waals surface area contributed by atoms with Gasteiger partial charge in [0.05, 0.1) is 36.6 Å². The van der Waals surface area contributed by atoms with Crippen molar-refractivity contribution in [2.24, 2.45) is 0 Å². The molecule has 0 aliphatic heterocycles. The van der Waals surface area contributed by atoms with Crippen LogP contribution in [0.1, 0.15) is 33.3 Å². The SMILES string of the molecule is CCOC(=O)c1cc2cnnc(Nc3ccc(C(=O)OC)cc3)n2c1C. The fourth-order valence-electron chi connectivity index (χ4n) is 2.63. The van der Waals surface area contributed by atoms with Crippen molar-refractivity contribution in [3.63, 3.8) is 0 Å². The maximum absolute atomic E-state index is 12.1. The lowest BCUT2D eigenvalue weighted by Crippen LogP contribution is -2.07. The third kappa shape index (κ3) is 3.21. The van der Waals surface area contributed by atoms with Crippen LogP contribution < -0.4 is 5.32 Å². The van der Waals surface area contributed by atoms with Gasteiger partial charge in [-0.25, -0.2) is 9.59 Å². The maximum Gasteiger partial charge on any atom is 0.339 e. The van der Waals surface area contributed by atoms with E-state index < -0.39 is 5.97 Å². The number of nitrogens with zero attached hydrogens (tertiary/aromatic N) is 3. The Morgan fingerprint density at radius 1 is 1.19 bits per heavy atom. The Labute approximate surface area is 149 Å². The minimum atomic E-state index is -0.404. The molecule has 0 unspecified atom stereocenters. The normalized spacial score (nSPS) is 10.6. The zero-order valence-electron chi connectivity index (χ0n) is 14.6. The van der Waals surface area contributed by atoms with Gasteiger partial charge in [-0.15, -0.1) is 5.10 Å². The van der Waals surface area contributed by atoms with Crippen molar-refractivity contribution < 1.29 is 19.1 Å². The van der Waals surface area contributed by atoms with Gasteiger partial charge in [0.2, 0.25) is 5.95 Å². The molecule has 1 aromatic carbocycles. The molecule has 0 amide bonds. The molecule has 0 saturated heterocycles. The highest BCUT2D eigenvalue weighted by Crippen LogP contribution is 2.22. The summed E-state index contributed by atoms with van der Waals surface area (Å²) in [5, 5.41) is 11.2. The van der Waals surface area contributed by atoms with E-state index in [4.69, 9.17) is 4.74 Å². The zero-order chi connectivity index (χ0) is 18.7. The molecule has 26 heavy (non-hydrogen) atoms. The topological polar surface area (TPSA) is 94.8 Å². The Hall–Kier alpha value is -3.42. The van der Waals surface area contributed by atoms with Crippen LogP contribution in [0.25, 0.3) is 5.52 Å². The summed E-state index contributed by atoms with van der Waals surface area (Å²) < 4.78 is 11.6. The molecule has 134 valence electrons. The lowest BCUT2D eigenvalue weighted by Gasteiger charge is -2.09. The first kappa shape index (κ1) is 17.4. The van der Waals surface area contributed by atoms with Gasteiger partial charge in [-0.05, 0) is 44.2 Å². The fourth-order valence-corrected chi connectivity index (χ4v) is 2.63. The number of nitrogens with one attached hydrogen (secondary N) is 1. The number of hydrogen-bond acceptors (Lipinski definition) is 7. The standard InChI is InChI=1S/C18H18N4O4/c1-4-26-17(24)15-9-14-10-19-21-18(22(14)11(15)2)20-13-7-5-12(6-8-13)16(23)25-3/h5-10H,4H2,1-3H3,(H,20,21). The summed E-state index contributed by atoms with van der Waals surface area (Å²) in [5.74, 6) is -0.345. The van der Waals surface area contributed by atoms with Crippen molar-refractivity contribution in [3.05, 3.63) is 53.3 Å².